The van der Waals surface area contributed by atoms with E-state index in [4.69, 9.17) is 14.2 Å². The van der Waals surface area contributed by atoms with E-state index in [2.05, 4.69) is 24.9 Å². The highest BCUT2D eigenvalue weighted by atomic mass is 32.2. The van der Waals surface area contributed by atoms with Crippen molar-refractivity contribution in [3.63, 3.8) is 0 Å². The molecule has 0 aliphatic carbocycles. The van der Waals surface area contributed by atoms with Crippen LogP contribution in [-0.4, -0.2) is 59.2 Å². The second-order valence-electron chi connectivity index (χ2n) is 8.84. The number of hydrogen-bond donors (Lipinski definition) is 1. The van der Waals surface area contributed by atoms with Crippen LogP contribution in [0.25, 0.3) is 5.69 Å². The summed E-state index contributed by atoms with van der Waals surface area (Å²) in [6.07, 6.45) is 5.65. The Morgan fingerprint density at radius 3 is 2.33 bits per heavy atom. The molecule has 1 N–H and O–H groups in total. The van der Waals surface area contributed by atoms with Crippen molar-refractivity contribution < 1.29 is 22.6 Å². The first-order valence-electron chi connectivity index (χ1n) is 11.8. The summed E-state index contributed by atoms with van der Waals surface area (Å²) in [7, 11) is -0.861. The maximum absolute atomic E-state index is 13.5. The van der Waals surface area contributed by atoms with E-state index in [9.17, 15) is 8.42 Å². The van der Waals surface area contributed by atoms with E-state index >= 15 is 0 Å². The molecule has 1 aliphatic heterocycles. The Balaban J connectivity index is 1.77. The number of sulfonamides is 1. The van der Waals surface area contributed by atoms with E-state index in [0.717, 1.165) is 24.8 Å². The highest BCUT2D eigenvalue weighted by Gasteiger charge is 2.34. The van der Waals surface area contributed by atoms with Crippen LogP contribution in [0.4, 0.5) is 5.95 Å². The summed E-state index contributed by atoms with van der Waals surface area (Å²) in [4.78, 5) is 8.62. The van der Waals surface area contributed by atoms with Crippen LogP contribution in [0.5, 0.6) is 11.5 Å². The molecule has 3 atom stereocenters. The minimum Gasteiger partial charge on any atom is -0.494 e. The molecule has 12 heteroatoms. The van der Waals surface area contributed by atoms with E-state index in [1.807, 2.05) is 6.92 Å². The number of para-hydroxylation sites is 1. The van der Waals surface area contributed by atoms with Crippen molar-refractivity contribution in [2.75, 3.05) is 25.5 Å². The van der Waals surface area contributed by atoms with Gasteiger partial charge in [-0.05, 0) is 50.8 Å². The topological polar surface area (TPSA) is 130 Å². The quantitative estimate of drug-likeness (QED) is 0.453. The Morgan fingerprint density at radius 2 is 1.75 bits per heavy atom. The smallest absolute Gasteiger partial charge is 0.243 e. The molecule has 0 unspecified atom stereocenters. The third kappa shape index (κ3) is 5.14. The Labute approximate surface area is 211 Å². The summed E-state index contributed by atoms with van der Waals surface area (Å²) in [6.45, 7) is 5.87. The maximum atomic E-state index is 13.5. The molecule has 2 aromatic heterocycles. The van der Waals surface area contributed by atoms with E-state index in [-0.39, 0.29) is 12.1 Å². The van der Waals surface area contributed by atoms with Gasteiger partial charge in [0.25, 0.3) is 0 Å². The average Bonchev–Trinajstić information content (AvgIpc) is 3.30. The predicted molar refractivity (Wildman–Crippen MR) is 134 cm³/mol. The number of hydrogen-bond acceptors (Lipinski definition) is 9. The van der Waals surface area contributed by atoms with Gasteiger partial charge in [-0.15, -0.1) is 10.2 Å². The van der Waals surface area contributed by atoms with Crippen LogP contribution in [0.15, 0.2) is 30.6 Å². The van der Waals surface area contributed by atoms with Gasteiger partial charge < -0.3 is 14.2 Å². The second-order valence-corrected chi connectivity index (χ2v) is 10.9. The molecule has 0 radical (unpaired) electrons. The Morgan fingerprint density at radius 1 is 1.08 bits per heavy atom. The first-order chi connectivity index (χ1) is 17.3. The van der Waals surface area contributed by atoms with Gasteiger partial charge in [-0.1, -0.05) is 13.0 Å². The summed E-state index contributed by atoms with van der Waals surface area (Å²) in [6, 6.07) is 5.32. The van der Waals surface area contributed by atoms with Crippen LogP contribution >= 0.6 is 0 Å². The SMILES string of the molecule is COc1cccc(OC)c1-n1c(NS(=O)(=O)[C@@H](C)[C@H](C)c2ncc(C)cn2)nnc1[C@@H]1CCCCO1. The lowest BCUT2D eigenvalue weighted by molar-refractivity contribution is 0.00839. The van der Waals surface area contributed by atoms with Gasteiger partial charge in [-0.3, -0.25) is 9.29 Å². The van der Waals surface area contributed by atoms with Crippen molar-refractivity contribution in [2.45, 2.75) is 57.3 Å². The number of anilines is 1. The zero-order valence-corrected chi connectivity index (χ0v) is 21.9. The zero-order chi connectivity index (χ0) is 25.9. The van der Waals surface area contributed by atoms with Crippen LogP contribution in [0.2, 0.25) is 0 Å². The molecule has 1 saturated heterocycles. The molecule has 3 heterocycles. The molecule has 0 saturated carbocycles. The number of benzene rings is 1. The number of nitrogens with one attached hydrogen (secondary N) is 1. The van der Waals surface area contributed by atoms with Crippen LogP contribution in [0, 0.1) is 6.92 Å². The van der Waals surface area contributed by atoms with Gasteiger partial charge in [-0.2, -0.15) is 0 Å². The molecular weight excluding hydrogens is 484 g/mol. The fraction of sp³-hybridized carbons (Fsp3) is 0.500. The van der Waals surface area contributed by atoms with Gasteiger partial charge >= 0.3 is 0 Å². The summed E-state index contributed by atoms with van der Waals surface area (Å²) in [5.74, 6) is 1.41. The van der Waals surface area contributed by atoms with Crippen molar-refractivity contribution in [1.29, 1.82) is 0 Å². The third-order valence-corrected chi connectivity index (χ3v) is 8.27. The van der Waals surface area contributed by atoms with E-state index < -0.39 is 21.2 Å². The van der Waals surface area contributed by atoms with Crippen molar-refractivity contribution in [3.05, 3.63) is 47.8 Å². The molecule has 3 aromatic rings. The van der Waals surface area contributed by atoms with Crippen molar-refractivity contribution in [3.8, 4) is 17.2 Å². The number of aryl methyl sites for hydroxylation is 1. The average molecular weight is 517 g/mol. The van der Waals surface area contributed by atoms with Gasteiger partial charge in [0, 0.05) is 24.9 Å². The number of nitrogens with zero attached hydrogens (tertiary/aromatic N) is 5. The van der Waals surface area contributed by atoms with E-state index in [0.29, 0.717) is 35.4 Å². The van der Waals surface area contributed by atoms with Crippen molar-refractivity contribution >= 4 is 16.0 Å². The van der Waals surface area contributed by atoms with Gasteiger partial charge in [-0.25, -0.2) is 18.4 Å². The highest BCUT2D eigenvalue weighted by Crippen LogP contribution is 2.39. The number of methoxy groups -OCH3 is 2. The summed E-state index contributed by atoms with van der Waals surface area (Å²) in [5, 5.41) is 7.72. The molecular formula is C24H32N6O5S. The van der Waals surface area contributed by atoms with Crippen molar-refractivity contribution in [2.24, 2.45) is 0 Å². The monoisotopic (exact) mass is 516 g/mol. The lowest BCUT2D eigenvalue weighted by Crippen LogP contribution is -2.31. The lowest BCUT2D eigenvalue weighted by Gasteiger charge is -2.25. The lowest BCUT2D eigenvalue weighted by atomic mass is 10.1. The van der Waals surface area contributed by atoms with Crippen LogP contribution in [0.1, 0.15) is 62.3 Å². The third-order valence-electron chi connectivity index (χ3n) is 6.42. The van der Waals surface area contributed by atoms with E-state index in [1.54, 1.807) is 49.0 Å². The molecule has 0 bridgehead atoms. The summed E-state index contributed by atoms with van der Waals surface area (Å²) >= 11 is 0. The van der Waals surface area contributed by atoms with Crippen LogP contribution < -0.4 is 14.2 Å². The fourth-order valence-corrected chi connectivity index (χ4v) is 5.36. The number of ether oxygens (including phenoxy) is 3. The molecule has 11 nitrogen and oxygen atoms in total. The molecule has 1 aliphatic rings. The summed E-state index contributed by atoms with van der Waals surface area (Å²) in [5.41, 5.74) is 1.38. The molecule has 1 aromatic carbocycles. The fourth-order valence-electron chi connectivity index (χ4n) is 4.12. The summed E-state index contributed by atoms with van der Waals surface area (Å²) < 4.78 is 48.5. The molecule has 36 heavy (non-hydrogen) atoms. The first kappa shape index (κ1) is 25.8. The zero-order valence-electron chi connectivity index (χ0n) is 21.1. The molecule has 0 spiro atoms. The molecule has 0 amide bonds. The number of aromatic nitrogens is 5. The highest BCUT2D eigenvalue weighted by molar-refractivity contribution is 7.93. The number of rotatable bonds is 9. The van der Waals surface area contributed by atoms with Gasteiger partial charge in [0.05, 0.1) is 19.5 Å². The second kappa shape index (κ2) is 10.8. The molecule has 4 rings (SSSR count). The normalized spacial score (nSPS) is 17.9. The Kier molecular flexibility index (Phi) is 7.74. The predicted octanol–water partition coefficient (Wildman–Crippen LogP) is 3.56. The van der Waals surface area contributed by atoms with Gasteiger partial charge in [0.15, 0.2) is 5.82 Å². The Hall–Kier alpha value is -3.25. The largest absolute Gasteiger partial charge is 0.494 e. The van der Waals surface area contributed by atoms with Gasteiger partial charge in [0.1, 0.15) is 29.1 Å². The van der Waals surface area contributed by atoms with Crippen molar-refractivity contribution in [1.82, 2.24) is 24.7 Å². The standard InChI is InChI=1S/C24H32N6O5S/c1-15-13-25-22(26-14-15)16(2)17(3)36(31,32)29-24-28-27-23(20-9-6-7-12-35-20)30(24)21-18(33-4)10-8-11-19(21)34-5/h8,10-11,13-14,16-17,20H,6-7,9,12H2,1-5H3,(H,28,29)/t16-,17-,20-/m0/s1. The molecule has 194 valence electrons. The minimum absolute atomic E-state index is 0.0193. The Bertz CT molecular complexity index is 1270. The van der Waals surface area contributed by atoms with Gasteiger partial charge in [0.2, 0.25) is 16.0 Å². The first-order valence-corrected chi connectivity index (χ1v) is 13.4. The minimum atomic E-state index is -3.93. The van der Waals surface area contributed by atoms with Crippen LogP contribution in [-0.2, 0) is 14.8 Å². The maximum Gasteiger partial charge on any atom is 0.243 e. The van der Waals surface area contributed by atoms with E-state index in [1.165, 1.54) is 14.2 Å². The van der Waals surface area contributed by atoms with Crippen LogP contribution in [0.3, 0.4) is 0 Å². The molecule has 1 fully saturated rings.